The van der Waals surface area contributed by atoms with E-state index in [1.165, 1.54) is 0 Å². The zero-order valence-electron chi connectivity index (χ0n) is 2.47. The Kier molecular flexibility index (Phi) is 1.29. The van der Waals surface area contributed by atoms with Gasteiger partial charge in [0.2, 0.25) is 0 Å². The first kappa shape index (κ1) is 3.62. The van der Waals surface area contributed by atoms with Gasteiger partial charge in [0, 0.05) is 0 Å². The molecule has 0 amide bonds. The van der Waals surface area contributed by atoms with Crippen LogP contribution in [0.3, 0.4) is 0 Å². The van der Waals surface area contributed by atoms with E-state index in [-0.39, 0.29) is 0 Å². The molecule has 0 fully saturated rings. The molecule has 0 aliphatic carbocycles. The summed E-state index contributed by atoms with van der Waals surface area (Å²) >= 11 is 0. The van der Waals surface area contributed by atoms with Crippen molar-refractivity contribution in [2.24, 2.45) is 0 Å². The van der Waals surface area contributed by atoms with Gasteiger partial charge >= 0.3 is 0 Å². The van der Waals surface area contributed by atoms with Gasteiger partial charge in [-0.1, -0.05) is 21.6 Å². The molecule has 1 aliphatic heterocycles. The summed E-state index contributed by atoms with van der Waals surface area (Å²) in [5.74, 6) is 1.94. The molecule has 0 spiro atoms. The van der Waals surface area contributed by atoms with Crippen LogP contribution >= 0.6 is 21.6 Å². The molecule has 1 rings (SSSR count). The summed E-state index contributed by atoms with van der Waals surface area (Å²) in [6.07, 6.45) is 2.90. The van der Waals surface area contributed by atoms with E-state index in [2.05, 4.69) is 6.08 Å². The third-order valence-electron chi connectivity index (χ3n) is 0.288. The highest BCUT2D eigenvalue weighted by molar-refractivity contribution is 8.79. The molecule has 0 bridgehead atoms. The number of rotatable bonds is 0. The molecule has 0 saturated heterocycles. The minimum Gasteiger partial charge on any atom is -0.0797 e. The Labute approximate surface area is 39.4 Å². The molecule has 26 valence electrons. The number of hydrogen-bond acceptors (Lipinski definition) is 2. The maximum atomic E-state index is 2.90. The lowest BCUT2D eigenvalue weighted by atomic mass is 10.8. The van der Waals surface area contributed by atoms with Gasteiger partial charge in [-0.15, -0.1) is 0 Å². The van der Waals surface area contributed by atoms with Crippen molar-refractivity contribution in [2.45, 2.75) is 0 Å². The lowest BCUT2D eigenvalue weighted by molar-refractivity contribution is 1.98. The Hall–Kier alpha value is 0.440. The molecule has 2 heteroatoms. The van der Waals surface area contributed by atoms with Crippen molar-refractivity contribution in [3.8, 4) is 0 Å². The maximum absolute atomic E-state index is 2.90. The van der Waals surface area contributed by atoms with E-state index in [9.17, 15) is 0 Å². The molecular weight excluding hydrogens is 100 g/mol. The minimum atomic E-state index is 1.70. The summed E-state index contributed by atoms with van der Waals surface area (Å²) in [6.45, 7) is 0. The predicted octanol–water partition coefficient (Wildman–Crippen LogP) is 1.86. The molecule has 0 saturated carbocycles. The van der Waals surface area contributed by atoms with Gasteiger partial charge in [0.1, 0.15) is 0 Å². The Morgan fingerprint density at radius 3 is 2.60 bits per heavy atom. The minimum absolute atomic E-state index is 1.70. The molecule has 0 aromatic rings. The average Bonchev–Trinajstić information content (AvgIpc) is 1.76. The number of hydrogen-bond donors (Lipinski definition) is 0. The van der Waals surface area contributed by atoms with E-state index < -0.39 is 0 Å². The van der Waals surface area contributed by atoms with Crippen LogP contribution in [0.1, 0.15) is 0 Å². The molecule has 0 N–H and O–H groups in total. The molecule has 1 heterocycles. The summed E-state index contributed by atoms with van der Waals surface area (Å²) in [6, 6.07) is 0. The van der Waals surface area contributed by atoms with Crippen LogP contribution in [-0.4, -0.2) is 0 Å². The van der Waals surface area contributed by atoms with Crippen molar-refractivity contribution in [1.82, 2.24) is 0 Å². The summed E-state index contributed by atoms with van der Waals surface area (Å²) in [4.78, 5) is 0. The Morgan fingerprint density at radius 2 is 2.40 bits per heavy atom. The predicted molar refractivity (Wildman–Crippen MR) is 27.3 cm³/mol. The highest BCUT2D eigenvalue weighted by Gasteiger charge is 1.87. The van der Waals surface area contributed by atoms with Gasteiger partial charge in [-0.05, 0) is 11.5 Å². The quantitative estimate of drug-likeness (QED) is 0.428. The topological polar surface area (TPSA) is 0 Å². The Morgan fingerprint density at radius 1 is 1.40 bits per heavy atom. The standard InChI is InChI=1S/C3H2S2/c1-2-4-5-3-1/h2-3H. The third-order valence-corrected chi connectivity index (χ3v) is 1.77. The molecule has 5 heavy (non-hydrogen) atoms. The summed E-state index contributed by atoms with van der Waals surface area (Å²) in [5, 5.41) is 1.94. The van der Waals surface area contributed by atoms with E-state index in [0.29, 0.717) is 0 Å². The van der Waals surface area contributed by atoms with Gasteiger partial charge in [0.15, 0.2) is 0 Å². The summed E-state index contributed by atoms with van der Waals surface area (Å²) in [5.41, 5.74) is 0. The van der Waals surface area contributed by atoms with Gasteiger partial charge < -0.3 is 0 Å². The third kappa shape index (κ3) is 0.893. The molecule has 0 aromatic carbocycles. The molecule has 0 unspecified atom stereocenters. The van der Waals surface area contributed by atoms with E-state index in [1.807, 2.05) is 11.2 Å². The van der Waals surface area contributed by atoms with Gasteiger partial charge in [-0.25, -0.2) is 0 Å². The van der Waals surface area contributed by atoms with Gasteiger partial charge in [-0.3, -0.25) is 0 Å². The highest BCUT2D eigenvalue weighted by Crippen LogP contribution is 2.31. The van der Waals surface area contributed by atoms with Crippen LogP contribution in [0.2, 0.25) is 0 Å². The smallest absolute Gasteiger partial charge is 0.0581 e. The molecule has 0 nitrogen and oxygen atoms in total. The van der Waals surface area contributed by atoms with E-state index in [1.54, 1.807) is 21.6 Å². The summed E-state index contributed by atoms with van der Waals surface area (Å²) < 4.78 is 0. The molecule has 1 aliphatic rings. The second kappa shape index (κ2) is 1.78. The summed E-state index contributed by atoms with van der Waals surface area (Å²) in [7, 11) is 3.40. The van der Waals surface area contributed by atoms with E-state index in [0.717, 1.165) is 0 Å². The van der Waals surface area contributed by atoms with Gasteiger partial charge in [0.05, 0.1) is 5.75 Å². The largest absolute Gasteiger partial charge is 0.0797 e. The van der Waals surface area contributed by atoms with Crippen LogP contribution in [0, 0.1) is 11.8 Å². The van der Waals surface area contributed by atoms with Crippen molar-refractivity contribution in [3.63, 3.8) is 0 Å². The van der Waals surface area contributed by atoms with Crippen LogP contribution in [0.4, 0.5) is 0 Å². The Bertz CT molecular complexity index is 42.9. The van der Waals surface area contributed by atoms with Crippen LogP contribution < -0.4 is 0 Å². The fourth-order valence-electron chi connectivity index (χ4n) is 0.139. The first-order chi connectivity index (χ1) is 2.50. The first-order valence-electron chi connectivity index (χ1n) is 1.22. The fourth-order valence-corrected chi connectivity index (χ4v) is 1.25. The SMILES string of the molecule is [C]1=CSS[CH]1. The lowest BCUT2D eigenvalue weighted by Crippen LogP contribution is -1.34. The zero-order chi connectivity index (χ0) is 3.54. The van der Waals surface area contributed by atoms with Crippen molar-refractivity contribution in [3.05, 3.63) is 17.2 Å². The van der Waals surface area contributed by atoms with Crippen LogP contribution in [0.5, 0.6) is 0 Å². The monoisotopic (exact) mass is 102 g/mol. The zero-order valence-corrected chi connectivity index (χ0v) is 4.10. The van der Waals surface area contributed by atoms with Crippen molar-refractivity contribution in [2.75, 3.05) is 0 Å². The van der Waals surface area contributed by atoms with Crippen molar-refractivity contribution < 1.29 is 0 Å². The molecule has 2 radical (unpaired) electrons. The fraction of sp³-hybridized carbons (Fsp3) is 0. The van der Waals surface area contributed by atoms with E-state index >= 15 is 0 Å². The highest BCUT2D eigenvalue weighted by atomic mass is 33.1. The Balaban J connectivity index is 2.32. The first-order valence-corrected chi connectivity index (χ1v) is 3.49. The van der Waals surface area contributed by atoms with Crippen molar-refractivity contribution >= 4 is 21.6 Å². The molecule has 0 atom stereocenters. The average molecular weight is 102 g/mol. The van der Waals surface area contributed by atoms with Gasteiger partial charge in [0.25, 0.3) is 0 Å². The molecular formula is C3H2S2. The molecule has 0 aromatic heterocycles. The van der Waals surface area contributed by atoms with Crippen molar-refractivity contribution in [1.29, 1.82) is 0 Å². The maximum Gasteiger partial charge on any atom is 0.0581 e. The lowest BCUT2D eigenvalue weighted by Gasteiger charge is -1.68. The van der Waals surface area contributed by atoms with Crippen LogP contribution in [0.15, 0.2) is 5.41 Å². The van der Waals surface area contributed by atoms with E-state index in [4.69, 9.17) is 0 Å². The van der Waals surface area contributed by atoms with Crippen LogP contribution in [0.25, 0.3) is 0 Å². The normalized spacial score (nSPS) is 20.8. The van der Waals surface area contributed by atoms with Gasteiger partial charge in [-0.2, -0.15) is 0 Å². The second-order valence-electron chi connectivity index (χ2n) is 0.595. The second-order valence-corrected chi connectivity index (χ2v) is 2.61. The van der Waals surface area contributed by atoms with Crippen LogP contribution in [-0.2, 0) is 0 Å².